The zero-order valence-corrected chi connectivity index (χ0v) is 6.43. The van der Waals surface area contributed by atoms with E-state index in [-0.39, 0.29) is 12.4 Å². The molecule has 0 bridgehead atoms. The lowest BCUT2D eigenvalue weighted by Crippen LogP contribution is -2.30. The second-order valence-corrected chi connectivity index (χ2v) is 2.62. The van der Waals surface area contributed by atoms with Crippen LogP contribution in [0.3, 0.4) is 0 Å². The third-order valence-corrected chi connectivity index (χ3v) is 1.60. The number of carboxylic acid groups (broad SMARTS) is 1. The fourth-order valence-corrected chi connectivity index (χ4v) is 0.813. The molecule has 10 heavy (non-hydrogen) atoms. The van der Waals surface area contributed by atoms with Gasteiger partial charge in [-0.2, -0.15) is 0 Å². The molecule has 0 aromatic carbocycles. The molecule has 4 heteroatoms. The topological polar surface area (TPSA) is 63.3 Å². The van der Waals surface area contributed by atoms with Crippen molar-refractivity contribution in [3.63, 3.8) is 0 Å². The maximum atomic E-state index is 10.1. The Balaban J connectivity index is 0.000000810. The molecule has 0 aromatic rings. The molecule has 0 saturated heterocycles. The van der Waals surface area contributed by atoms with E-state index in [2.05, 4.69) is 0 Å². The standard InChI is InChI=1S/C6H11NO2.ClH/c7-5(6(8)9)3-4-1-2-4;/h4-5H,1-3,7H2,(H,8,9);1H/t5-;/m1./s1. The van der Waals surface area contributed by atoms with Crippen molar-refractivity contribution in [2.24, 2.45) is 11.7 Å². The van der Waals surface area contributed by atoms with Gasteiger partial charge in [-0.05, 0) is 12.3 Å². The van der Waals surface area contributed by atoms with Crippen LogP contribution in [-0.4, -0.2) is 17.1 Å². The molecular formula is C6H12ClNO2. The second-order valence-electron chi connectivity index (χ2n) is 2.62. The van der Waals surface area contributed by atoms with Crippen LogP contribution < -0.4 is 5.73 Å². The predicted molar refractivity (Wildman–Crippen MR) is 40.2 cm³/mol. The van der Waals surface area contributed by atoms with Crippen molar-refractivity contribution in [3.05, 3.63) is 0 Å². The fraction of sp³-hybridized carbons (Fsp3) is 0.833. The first-order valence-corrected chi connectivity index (χ1v) is 3.18. The minimum Gasteiger partial charge on any atom is -0.480 e. The van der Waals surface area contributed by atoms with Crippen molar-refractivity contribution in [2.45, 2.75) is 25.3 Å². The molecular weight excluding hydrogens is 154 g/mol. The molecule has 60 valence electrons. The van der Waals surface area contributed by atoms with Gasteiger partial charge in [0.15, 0.2) is 0 Å². The number of carbonyl (C=O) groups is 1. The SMILES string of the molecule is Cl.N[C@H](CC1CC1)C(=O)O. The van der Waals surface area contributed by atoms with E-state index < -0.39 is 12.0 Å². The van der Waals surface area contributed by atoms with Crippen LogP contribution in [0.2, 0.25) is 0 Å². The average molecular weight is 166 g/mol. The zero-order valence-electron chi connectivity index (χ0n) is 5.62. The van der Waals surface area contributed by atoms with Gasteiger partial charge in [0.2, 0.25) is 0 Å². The van der Waals surface area contributed by atoms with Gasteiger partial charge < -0.3 is 10.8 Å². The van der Waals surface area contributed by atoms with E-state index in [0.717, 1.165) is 0 Å². The van der Waals surface area contributed by atoms with Crippen LogP contribution in [0.25, 0.3) is 0 Å². The maximum absolute atomic E-state index is 10.1. The summed E-state index contributed by atoms with van der Waals surface area (Å²) < 4.78 is 0. The van der Waals surface area contributed by atoms with Crippen LogP contribution >= 0.6 is 12.4 Å². The van der Waals surface area contributed by atoms with Crippen LogP contribution in [0.5, 0.6) is 0 Å². The van der Waals surface area contributed by atoms with Gasteiger partial charge in [0.1, 0.15) is 6.04 Å². The lowest BCUT2D eigenvalue weighted by Gasteiger charge is -2.02. The third kappa shape index (κ3) is 3.03. The lowest BCUT2D eigenvalue weighted by molar-refractivity contribution is -0.138. The predicted octanol–water partition coefficient (Wildman–Crippen LogP) is 0.620. The summed E-state index contributed by atoms with van der Waals surface area (Å²) in [6.45, 7) is 0. The van der Waals surface area contributed by atoms with Gasteiger partial charge >= 0.3 is 5.97 Å². The summed E-state index contributed by atoms with van der Waals surface area (Å²) in [7, 11) is 0. The number of halogens is 1. The molecule has 0 heterocycles. The Morgan fingerprint density at radius 1 is 1.70 bits per heavy atom. The van der Waals surface area contributed by atoms with Crippen molar-refractivity contribution in [1.29, 1.82) is 0 Å². The van der Waals surface area contributed by atoms with Crippen molar-refractivity contribution >= 4 is 18.4 Å². The van der Waals surface area contributed by atoms with Crippen molar-refractivity contribution < 1.29 is 9.90 Å². The smallest absolute Gasteiger partial charge is 0.320 e. The molecule has 3 nitrogen and oxygen atoms in total. The molecule has 0 aliphatic heterocycles. The summed E-state index contributed by atoms with van der Waals surface area (Å²) in [6, 6.07) is -0.627. The largest absolute Gasteiger partial charge is 0.480 e. The van der Waals surface area contributed by atoms with Crippen LogP contribution in [0.1, 0.15) is 19.3 Å². The molecule has 0 unspecified atom stereocenters. The Labute approximate surface area is 66.0 Å². The van der Waals surface area contributed by atoms with E-state index in [1.54, 1.807) is 0 Å². The molecule has 1 aliphatic carbocycles. The van der Waals surface area contributed by atoms with Gasteiger partial charge in [0.25, 0.3) is 0 Å². The first kappa shape index (κ1) is 9.72. The minimum atomic E-state index is -0.873. The number of carboxylic acids is 1. The van der Waals surface area contributed by atoms with Gasteiger partial charge in [-0.25, -0.2) is 0 Å². The summed E-state index contributed by atoms with van der Waals surface area (Å²) >= 11 is 0. The van der Waals surface area contributed by atoms with Crippen LogP contribution in [0.4, 0.5) is 0 Å². The molecule has 1 fully saturated rings. The molecule has 1 saturated carbocycles. The zero-order chi connectivity index (χ0) is 6.85. The van der Waals surface area contributed by atoms with Crippen LogP contribution in [-0.2, 0) is 4.79 Å². The monoisotopic (exact) mass is 165 g/mol. The molecule has 1 rings (SSSR count). The first-order valence-electron chi connectivity index (χ1n) is 3.18. The minimum absolute atomic E-state index is 0. The highest BCUT2D eigenvalue weighted by atomic mass is 35.5. The summed E-state index contributed by atoms with van der Waals surface area (Å²) in [5.74, 6) is -0.266. The highest BCUT2D eigenvalue weighted by Crippen LogP contribution is 2.32. The summed E-state index contributed by atoms with van der Waals surface area (Å²) in [5, 5.41) is 8.33. The number of aliphatic carboxylic acids is 1. The Morgan fingerprint density at radius 3 is 2.50 bits per heavy atom. The van der Waals surface area contributed by atoms with Gasteiger partial charge in [-0.3, -0.25) is 4.79 Å². The Hall–Kier alpha value is -0.280. The quantitative estimate of drug-likeness (QED) is 0.645. The van der Waals surface area contributed by atoms with Crippen molar-refractivity contribution in [2.75, 3.05) is 0 Å². The average Bonchev–Trinajstić information content (AvgIpc) is 2.50. The summed E-state index contributed by atoms with van der Waals surface area (Å²) in [4.78, 5) is 10.1. The van der Waals surface area contributed by atoms with Crippen molar-refractivity contribution in [3.8, 4) is 0 Å². The highest BCUT2D eigenvalue weighted by molar-refractivity contribution is 5.85. The van der Waals surface area contributed by atoms with Crippen molar-refractivity contribution in [1.82, 2.24) is 0 Å². The number of hydrogen-bond acceptors (Lipinski definition) is 2. The first-order chi connectivity index (χ1) is 4.20. The summed E-state index contributed by atoms with van der Waals surface area (Å²) in [5.41, 5.74) is 5.26. The number of nitrogens with two attached hydrogens (primary N) is 1. The molecule has 0 amide bonds. The molecule has 1 aliphatic rings. The number of hydrogen-bond donors (Lipinski definition) is 2. The van der Waals surface area contributed by atoms with E-state index in [0.29, 0.717) is 12.3 Å². The molecule has 1 atom stereocenters. The highest BCUT2D eigenvalue weighted by Gasteiger charge is 2.26. The van der Waals surface area contributed by atoms with E-state index in [9.17, 15) is 4.79 Å². The molecule has 0 aromatic heterocycles. The maximum Gasteiger partial charge on any atom is 0.320 e. The van der Waals surface area contributed by atoms with Crippen LogP contribution in [0.15, 0.2) is 0 Å². The third-order valence-electron chi connectivity index (χ3n) is 1.60. The summed E-state index contributed by atoms with van der Waals surface area (Å²) in [6.07, 6.45) is 3.00. The second kappa shape index (κ2) is 3.78. The van der Waals surface area contributed by atoms with E-state index >= 15 is 0 Å². The van der Waals surface area contributed by atoms with Gasteiger partial charge in [0.05, 0.1) is 0 Å². The lowest BCUT2D eigenvalue weighted by atomic mass is 10.1. The Kier molecular flexibility index (Phi) is 3.68. The van der Waals surface area contributed by atoms with Gasteiger partial charge in [0, 0.05) is 0 Å². The molecule has 3 N–H and O–H groups in total. The fourth-order valence-electron chi connectivity index (χ4n) is 0.813. The molecule has 0 spiro atoms. The van der Waals surface area contributed by atoms with E-state index in [1.165, 1.54) is 12.8 Å². The Bertz CT molecular complexity index is 125. The van der Waals surface area contributed by atoms with Gasteiger partial charge in [-0.15, -0.1) is 12.4 Å². The number of rotatable bonds is 3. The molecule has 0 radical (unpaired) electrons. The normalized spacial score (nSPS) is 19.3. The van der Waals surface area contributed by atoms with Gasteiger partial charge in [-0.1, -0.05) is 12.8 Å². The van der Waals surface area contributed by atoms with Crippen LogP contribution in [0, 0.1) is 5.92 Å². The van der Waals surface area contributed by atoms with E-state index in [1.807, 2.05) is 0 Å². The Morgan fingerprint density at radius 2 is 2.20 bits per heavy atom. The van der Waals surface area contributed by atoms with E-state index in [4.69, 9.17) is 10.8 Å².